The third-order valence-corrected chi connectivity index (χ3v) is 1.56. The van der Waals surface area contributed by atoms with Gasteiger partial charge in [0, 0.05) is 17.7 Å². The van der Waals surface area contributed by atoms with Crippen molar-refractivity contribution < 1.29 is 9.76 Å². The van der Waals surface area contributed by atoms with Crippen LogP contribution in [0.25, 0.3) is 0 Å². The summed E-state index contributed by atoms with van der Waals surface area (Å²) in [5.74, 6) is 0.183. The fraction of sp³-hybridized carbons (Fsp3) is 0.125. The number of nitrogens with zero attached hydrogens (tertiary/aromatic N) is 2. The third-order valence-electron chi connectivity index (χ3n) is 1.56. The smallest absolute Gasteiger partial charge is 0.269 e. The van der Waals surface area contributed by atoms with Crippen LogP contribution in [0.4, 0.5) is 5.69 Å². The number of nitrogens with two attached hydrogens (primary N) is 1. The summed E-state index contributed by atoms with van der Waals surface area (Å²) >= 11 is 0. The Morgan fingerprint density at radius 1 is 1.50 bits per heavy atom. The van der Waals surface area contributed by atoms with E-state index in [-0.39, 0.29) is 11.5 Å². The number of non-ortho nitro benzene ring substituents is 1. The Bertz CT molecular complexity index is 359. The summed E-state index contributed by atoms with van der Waals surface area (Å²) in [4.78, 5) is 14.3. The molecule has 0 unspecified atom stereocenters. The zero-order valence-corrected chi connectivity index (χ0v) is 7.51. The molecule has 0 saturated heterocycles. The van der Waals surface area contributed by atoms with Gasteiger partial charge in [-0.2, -0.15) is 0 Å². The molecule has 6 heteroatoms. The lowest BCUT2D eigenvalue weighted by Gasteiger charge is -1.98. The first-order chi connectivity index (χ1) is 6.65. The number of amidine groups is 1. The molecule has 0 amide bonds. The van der Waals surface area contributed by atoms with Crippen LogP contribution in [0.3, 0.4) is 0 Å². The number of nitro benzene ring substituents is 1. The zero-order chi connectivity index (χ0) is 10.6. The van der Waals surface area contributed by atoms with Crippen molar-refractivity contribution in [1.29, 1.82) is 0 Å². The number of nitro groups is 1. The van der Waals surface area contributed by atoms with Crippen molar-refractivity contribution in [3.05, 3.63) is 39.9 Å². The van der Waals surface area contributed by atoms with Gasteiger partial charge in [-0.25, -0.2) is 0 Å². The number of hydrogen-bond donors (Lipinski definition) is 1. The largest absolute Gasteiger partial charge is 0.397 e. The van der Waals surface area contributed by atoms with Gasteiger partial charge >= 0.3 is 0 Å². The van der Waals surface area contributed by atoms with Gasteiger partial charge in [0.2, 0.25) is 0 Å². The molecule has 0 atom stereocenters. The Kier molecular flexibility index (Phi) is 3.01. The lowest BCUT2D eigenvalue weighted by Crippen LogP contribution is -2.13. The molecule has 0 radical (unpaired) electrons. The molecule has 1 rings (SSSR count). The second-order valence-electron chi connectivity index (χ2n) is 2.46. The molecule has 74 valence electrons. The Labute approximate surface area is 80.1 Å². The normalized spacial score (nSPS) is 11.1. The maximum absolute atomic E-state index is 10.3. The van der Waals surface area contributed by atoms with Gasteiger partial charge in [0.05, 0.1) is 4.92 Å². The van der Waals surface area contributed by atoms with E-state index in [1.54, 1.807) is 0 Å². The minimum Gasteiger partial charge on any atom is -0.397 e. The lowest BCUT2D eigenvalue weighted by atomic mass is 10.2. The highest BCUT2D eigenvalue weighted by Crippen LogP contribution is 2.11. The highest BCUT2D eigenvalue weighted by molar-refractivity contribution is 5.97. The maximum Gasteiger partial charge on any atom is 0.269 e. The Hall–Kier alpha value is -2.11. The molecule has 0 fully saturated rings. The molecule has 0 heterocycles. The Morgan fingerprint density at radius 3 is 2.50 bits per heavy atom. The average Bonchev–Trinajstić information content (AvgIpc) is 2.18. The molecule has 0 saturated carbocycles. The summed E-state index contributed by atoms with van der Waals surface area (Å²) in [6.07, 6.45) is 0. The average molecular weight is 195 g/mol. The standard InChI is InChI=1S/C8H9N3O3/c1-14-10-8(9)6-2-4-7(5-3-6)11(12)13/h2-5H,1H3,(H2,9,10). The van der Waals surface area contributed by atoms with Crippen LogP contribution < -0.4 is 5.73 Å². The van der Waals surface area contributed by atoms with E-state index in [4.69, 9.17) is 5.73 Å². The van der Waals surface area contributed by atoms with E-state index < -0.39 is 4.92 Å². The topological polar surface area (TPSA) is 90.8 Å². The third kappa shape index (κ3) is 2.19. The Balaban J connectivity index is 2.94. The molecule has 0 spiro atoms. The van der Waals surface area contributed by atoms with E-state index in [0.29, 0.717) is 5.56 Å². The van der Waals surface area contributed by atoms with Crippen LogP contribution >= 0.6 is 0 Å². The van der Waals surface area contributed by atoms with Gasteiger partial charge in [0.25, 0.3) is 5.69 Å². The van der Waals surface area contributed by atoms with Crippen LogP contribution in [0, 0.1) is 10.1 Å². The molecule has 14 heavy (non-hydrogen) atoms. The summed E-state index contributed by atoms with van der Waals surface area (Å²) < 4.78 is 0. The van der Waals surface area contributed by atoms with Crippen LogP contribution in [0.5, 0.6) is 0 Å². The van der Waals surface area contributed by atoms with Gasteiger partial charge in [-0.3, -0.25) is 10.1 Å². The van der Waals surface area contributed by atoms with Crippen molar-refractivity contribution in [2.24, 2.45) is 10.9 Å². The number of rotatable bonds is 3. The molecule has 1 aromatic carbocycles. The molecular formula is C8H9N3O3. The van der Waals surface area contributed by atoms with Crippen LogP contribution in [0.2, 0.25) is 0 Å². The van der Waals surface area contributed by atoms with E-state index in [0.717, 1.165) is 0 Å². The molecule has 0 aliphatic heterocycles. The van der Waals surface area contributed by atoms with Crippen LogP contribution in [0.1, 0.15) is 5.56 Å². The number of hydrogen-bond acceptors (Lipinski definition) is 4. The highest BCUT2D eigenvalue weighted by atomic mass is 16.6. The molecule has 0 aliphatic carbocycles. The first kappa shape index (κ1) is 9.97. The fourth-order valence-corrected chi connectivity index (χ4v) is 0.905. The van der Waals surface area contributed by atoms with Gasteiger partial charge in [0.15, 0.2) is 5.84 Å². The molecule has 0 bridgehead atoms. The van der Waals surface area contributed by atoms with E-state index >= 15 is 0 Å². The minimum atomic E-state index is -0.479. The van der Waals surface area contributed by atoms with Crippen LogP contribution in [0.15, 0.2) is 29.4 Å². The summed E-state index contributed by atoms with van der Waals surface area (Å²) in [7, 11) is 1.37. The minimum absolute atomic E-state index is 0.0129. The molecule has 0 aromatic heterocycles. The Morgan fingerprint density at radius 2 is 2.07 bits per heavy atom. The highest BCUT2D eigenvalue weighted by Gasteiger charge is 2.05. The van der Waals surface area contributed by atoms with Gasteiger partial charge < -0.3 is 10.6 Å². The van der Waals surface area contributed by atoms with Gasteiger partial charge in [0.1, 0.15) is 7.11 Å². The van der Waals surface area contributed by atoms with E-state index in [1.807, 2.05) is 0 Å². The van der Waals surface area contributed by atoms with E-state index in [1.165, 1.54) is 31.4 Å². The first-order valence-corrected chi connectivity index (χ1v) is 3.76. The number of benzene rings is 1. The van der Waals surface area contributed by atoms with Crippen molar-refractivity contribution in [3.8, 4) is 0 Å². The van der Waals surface area contributed by atoms with E-state index in [9.17, 15) is 10.1 Å². The fourth-order valence-electron chi connectivity index (χ4n) is 0.905. The van der Waals surface area contributed by atoms with Gasteiger partial charge in [-0.1, -0.05) is 5.16 Å². The van der Waals surface area contributed by atoms with Crippen molar-refractivity contribution >= 4 is 11.5 Å². The predicted octanol–water partition coefficient (Wildman–Crippen LogP) is 0.862. The quantitative estimate of drug-likeness (QED) is 0.335. The summed E-state index contributed by atoms with van der Waals surface area (Å²) in [5, 5.41) is 13.8. The van der Waals surface area contributed by atoms with Crippen molar-refractivity contribution in [1.82, 2.24) is 0 Å². The first-order valence-electron chi connectivity index (χ1n) is 3.76. The second-order valence-corrected chi connectivity index (χ2v) is 2.46. The maximum atomic E-state index is 10.3. The van der Waals surface area contributed by atoms with E-state index in [2.05, 4.69) is 9.99 Å². The van der Waals surface area contributed by atoms with Crippen molar-refractivity contribution in [3.63, 3.8) is 0 Å². The van der Waals surface area contributed by atoms with Crippen molar-refractivity contribution in [2.45, 2.75) is 0 Å². The second kappa shape index (κ2) is 4.22. The molecule has 2 N–H and O–H groups in total. The van der Waals surface area contributed by atoms with Gasteiger partial charge in [-0.15, -0.1) is 0 Å². The molecule has 6 nitrogen and oxygen atoms in total. The van der Waals surface area contributed by atoms with Crippen LogP contribution in [-0.2, 0) is 4.84 Å². The summed E-state index contributed by atoms with van der Waals surface area (Å²) in [6.45, 7) is 0. The molecule has 1 aromatic rings. The summed E-state index contributed by atoms with van der Waals surface area (Å²) in [5.41, 5.74) is 6.08. The SMILES string of the molecule is CO/N=C(\N)c1ccc([N+](=O)[O-])cc1. The van der Waals surface area contributed by atoms with Gasteiger partial charge in [-0.05, 0) is 12.1 Å². The molecular weight excluding hydrogens is 186 g/mol. The molecule has 0 aliphatic rings. The van der Waals surface area contributed by atoms with Crippen molar-refractivity contribution in [2.75, 3.05) is 7.11 Å². The summed E-state index contributed by atoms with van der Waals surface area (Å²) in [6, 6.07) is 5.73. The van der Waals surface area contributed by atoms with Crippen LogP contribution in [-0.4, -0.2) is 17.9 Å². The predicted molar refractivity (Wildman–Crippen MR) is 50.8 cm³/mol. The zero-order valence-electron chi connectivity index (χ0n) is 7.51. The number of oxime groups is 1. The lowest BCUT2D eigenvalue weighted by molar-refractivity contribution is -0.384. The monoisotopic (exact) mass is 195 g/mol.